The van der Waals surface area contributed by atoms with Crippen LogP contribution in [0.1, 0.15) is 12.5 Å². The van der Waals surface area contributed by atoms with Crippen LogP contribution in [0.3, 0.4) is 0 Å². The van der Waals surface area contributed by atoms with Crippen LogP contribution in [-0.2, 0) is 4.79 Å². The van der Waals surface area contributed by atoms with Crippen molar-refractivity contribution in [2.24, 2.45) is 0 Å². The van der Waals surface area contributed by atoms with E-state index < -0.39 is 0 Å². The molecule has 0 fully saturated rings. The fourth-order valence-corrected chi connectivity index (χ4v) is 0.804. The van der Waals surface area contributed by atoms with Crippen LogP contribution >= 0.6 is 11.6 Å². The summed E-state index contributed by atoms with van der Waals surface area (Å²) in [6.45, 7) is 3.20. The maximum absolute atomic E-state index is 10.6. The standard InChI is InChI=1S/C7H8ClN3O/c1-4-3-6(9-5(2)12)10-11-7(4)8/h3H,1-2H3,(H,9,10,12). The zero-order valence-corrected chi connectivity index (χ0v) is 7.51. The van der Waals surface area contributed by atoms with E-state index in [1.54, 1.807) is 13.0 Å². The number of carbonyl (C=O) groups is 1. The van der Waals surface area contributed by atoms with E-state index in [9.17, 15) is 4.79 Å². The summed E-state index contributed by atoms with van der Waals surface area (Å²) in [5, 5.41) is 10.2. The van der Waals surface area contributed by atoms with Gasteiger partial charge in [0.25, 0.3) is 0 Å². The number of anilines is 1. The van der Waals surface area contributed by atoms with Crippen LogP contribution in [-0.4, -0.2) is 16.1 Å². The van der Waals surface area contributed by atoms with Gasteiger partial charge in [-0.2, -0.15) is 0 Å². The van der Waals surface area contributed by atoms with Crippen LogP contribution < -0.4 is 5.32 Å². The van der Waals surface area contributed by atoms with Gasteiger partial charge in [0, 0.05) is 6.92 Å². The molecule has 0 saturated carbocycles. The number of hydrogen-bond acceptors (Lipinski definition) is 3. The van der Waals surface area contributed by atoms with Crippen LogP contribution in [0.4, 0.5) is 5.82 Å². The average molecular weight is 186 g/mol. The molecule has 1 aromatic heterocycles. The lowest BCUT2D eigenvalue weighted by Gasteiger charge is -2.00. The van der Waals surface area contributed by atoms with Crippen molar-refractivity contribution in [3.63, 3.8) is 0 Å². The fourth-order valence-electron chi connectivity index (χ4n) is 0.712. The Labute approximate surface area is 74.9 Å². The third-order valence-corrected chi connectivity index (χ3v) is 1.60. The number of hydrogen-bond donors (Lipinski definition) is 1. The van der Waals surface area contributed by atoms with Crippen LogP contribution in [0.2, 0.25) is 5.15 Å². The van der Waals surface area contributed by atoms with E-state index in [0.717, 1.165) is 5.56 Å². The molecule has 0 bridgehead atoms. The Bertz CT molecular complexity index is 314. The topological polar surface area (TPSA) is 54.9 Å². The van der Waals surface area contributed by atoms with E-state index in [0.29, 0.717) is 11.0 Å². The largest absolute Gasteiger partial charge is 0.309 e. The lowest BCUT2D eigenvalue weighted by molar-refractivity contribution is -0.114. The monoisotopic (exact) mass is 185 g/mol. The van der Waals surface area contributed by atoms with Gasteiger partial charge in [-0.1, -0.05) is 11.6 Å². The fraction of sp³-hybridized carbons (Fsp3) is 0.286. The summed E-state index contributed by atoms with van der Waals surface area (Å²) in [6.07, 6.45) is 0. The Morgan fingerprint density at radius 2 is 2.25 bits per heavy atom. The molecule has 0 atom stereocenters. The number of rotatable bonds is 1. The van der Waals surface area contributed by atoms with Gasteiger partial charge in [-0.3, -0.25) is 4.79 Å². The highest BCUT2D eigenvalue weighted by molar-refractivity contribution is 6.30. The predicted molar refractivity (Wildman–Crippen MR) is 46.1 cm³/mol. The van der Waals surface area contributed by atoms with Crippen molar-refractivity contribution in [1.29, 1.82) is 0 Å². The van der Waals surface area contributed by atoms with Gasteiger partial charge in [0.15, 0.2) is 11.0 Å². The minimum Gasteiger partial charge on any atom is -0.309 e. The molecule has 0 unspecified atom stereocenters. The van der Waals surface area contributed by atoms with Gasteiger partial charge in [-0.15, -0.1) is 10.2 Å². The van der Waals surface area contributed by atoms with Gasteiger partial charge in [-0.05, 0) is 18.6 Å². The number of nitrogens with one attached hydrogen (secondary N) is 1. The SMILES string of the molecule is CC(=O)Nc1cc(C)c(Cl)nn1. The zero-order valence-electron chi connectivity index (χ0n) is 6.76. The van der Waals surface area contributed by atoms with Crippen molar-refractivity contribution in [3.05, 3.63) is 16.8 Å². The molecule has 1 aromatic rings. The lowest BCUT2D eigenvalue weighted by atomic mass is 10.3. The quantitative estimate of drug-likeness (QED) is 0.720. The minimum absolute atomic E-state index is 0.175. The van der Waals surface area contributed by atoms with Gasteiger partial charge in [0.05, 0.1) is 0 Å². The molecule has 0 spiro atoms. The highest BCUT2D eigenvalue weighted by Gasteiger charge is 2.01. The van der Waals surface area contributed by atoms with E-state index in [1.165, 1.54) is 6.92 Å². The summed E-state index contributed by atoms with van der Waals surface area (Å²) < 4.78 is 0. The summed E-state index contributed by atoms with van der Waals surface area (Å²) in [5.74, 6) is 0.246. The van der Waals surface area contributed by atoms with Crippen LogP contribution in [0.5, 0.6) is 0 Å². The van der Waals surface area contributed by atoms with Gasteiger partial charge in [0.2, 0.25) is 5.91 Å². The van der Waals surface area contributed by atoms with E-state index in [4.69, 9.17) is 11.6 Å². The number of aryl methyl sites for hydroxylation is 1. The van der Waals surface area contributed by atoms with Gasteiger partial charge in [0.1, 0.15) is 0 Å². The summed E-state index contributed by atoms with van der Waals surface area (Å²) in [7, 11) is 0. The molecule has 1 amide bonds. The number of nitrogens with zero attached hydrogens (tertiary/aromatic N) is 2. The molecular formula is C7H8ClN3O. The highest BCUT2D eigenvalue weighted by Crippen LogP contribution is 2.12. The smallest absolute Gasteiger partial charge is 0.222 e. The first kappa shape index (κ1) is 8.93. The molecule has 64 valence electrons. The van der Waals surface area contributed by atoms with E-state index in [1.807, 2.05) is 0 Å². The van der Waals surface area contributed by atoms with Crippen LogP contribution in [0, 0.1) is 6.92 Å². The van der Waals surface area contributed by atoms with Crippen molar-refractivity contribution in [1.82, 2.24) is 10.2 Å². The lowest BCUT2D eigenvalue weighted by Crippen LogP contribution is -2.08. The van der Waals surface area contributed by atoms with Gasteiger partial charge < -0.3 is 5.32 Å². The molecule has 1 rings (SSSR count). The molecule has 1 N–H and O–H groups in total. The van der Waals surface area contributed by atoms with E-state index >= 15 is 0 Å². The summed E-state index contributed by atoms with van der Waals surface area (Å²) in [6, 6.07) is 1.66. The Hall–Kier alpha value is -1.16. The Morgan fingerprint density at radius 1 is 1.58 bits per heavy atom. The number of carbonyl (C=O) groups excluding carboxylic acids is 1. The van der Waals surface area contributed by atoms with Gasteiger partial charge >= 0.3 is 0 Å². The molecule has 1 heterocycles. The third-order valence-electron chi connectivity index (χ3n) is 1.23. The second-order valence-corrected chi connectivity index (χ2v) is 2.74. The number of amides is 1. The Morgan fingerprint density at radius 3 is 2.75 bits per heavy atom. The summed E-state index contributed by atoms with van der Waals surface area (Å²) in [5.41, 5.74) is 0.787. The molecule has 0 aromatic carbocycles. The second-order valence-electron chi connectivity index (χ2n) is 2.38. The molecule has 4 nitrogen and oxygen atoms in total. The van der Waals surface area contributed by atoms with Crippen LogP contribution in [0.15, 0.2) is 6.07 Å². The first-order chi connectivity index (χ1) is 5.59. The predicted octanol–water partition coefficient (Wildman–Crippen LogP) is 1.40. The maximum atomic E-state index is 10.6. The summed E-state index contributed by atoms with van der Waals surface area (Å²) in [4.78, 5) is 10.6. The van der Waals surface area contributed by atoms with E-state index in [2.05, 4.69) is 15.5 Å². The molecule has 5 heteroatoms. The minimum atomic E-state index is -0.175. The van der Waals surface area contributed by atoms with Crippen LogP contribution in [0.25, 0.3) is 0 Å². The third kappa shape index (κ3) is 2.17. The first-order valence-corrected chi connectivity index (χ1v) is 3.75. The molecule has 0 radical (unpaired) electrons. The molecule has 0 aliphatic rings. The average Bonchev–Trinajstić information content (AvgIpc) is 1.96. The zero-order chi connectivity index (χ0) is 9.14. The molecule has 0 saturated heterocycles. The molecule has 0 aliphatic heterocycles. The van der Waals surface area contributed by atoms with Crippen molar-refractivity contribution >= 4 is 23.3 Å². The van der Waals surface area contributed by atoms with Crippen molar-refractivity contribution in [2.75, 3.05) is 5.32 Å². The molecule has 0 aliphatic carbocycles. The normalized spacial score (nSPS) is 9.58. The summed E-state index contributed by atoms with van der Waals surface area (Å²) >= 11 is 5.63. The Kier molecular flexibility index (Phi) is 2.60. The highest BCUT2D eigenvalue weighted by atomic mass is 35.5. The molecular weight excluding hydrogens is 178 g/mol. The van der Waals surface area contributed by atoms with Gasteiger partial charge in [-0.25, -0.2) is 0 Å². The molecule has 12 heavy (non-hydrogen) atoms. The van der Waals surface area contributed by atoms with Crippen molar-refractivity contribution in [2.45, 2.75) is 13.8 Å². The second kappa shape index (κ2) is 3.49. The van der Waals surface area contributed by atoms with Crippen molar-refractivity contribution < 1.29 is 4.79 Å². The number of aromatic nitrogens is 2. The maximum Gasteiger partial charge on any atom is 0.222 e. The Balaban J connectivity index is 2.89. The first-order valence-electron chi connectivity index (χ1n) is 3.37. The van der Waals surface area contributed by atoms with E-state index in [-0.39, 0.29) is 5.91 Å². The van der Waals surface area contributed by atoms with Crippen molar-refractivity contribution in [3.8, 4) is 0 Å². The number of halogens is 1.